The Hall–Kier alpha value is -4.82. The van der Waals surface area contributed by atoms with E-state index in [1.54, 1.807) is 11.3 Å². The number of hydrogen-bond donors (Lipinski definition) is 3. The van der Waals surface area contributed by atoms with Gasteiger partial charge >= 0.3 is 0 Å². The summed E-state index contributed by atoms with van der Waals surface area (Å²) in [5.41, 5.74) is 16.6. The average Bonchev–Trinajstić information content (AvgIpc) is 3.79. The van der Waals surface area contributed by atoms with Gasteiger partial charge in [-0.15, -0.1) is 0 Å². The van der Waals surface area contributed by atoms with Crippen LogP contribution in [0.25, 0.3) is 21.3 Å². The number of aromatic amines is 1. The summed E-state index contributed by atoms with van der Waals surface area (Å²) in [6.45, 7) is 0. The predicted molar refractivity (Wildman–Crippen MR) is 172 cm³/mol. The van der Waals surface area contributed by atoms with Crippen LogP contribution in [0.15, 0.2) is 107 Å². The minimum atomic E-state index is 0. The van der Waals surface area contributed by atoms with Crippen LogP contribution in [0.1, 0.15) is 39.4 Å². The smallest absolute Gasteiger partial charge is 0.222 e. The van der Waals surface area contributed by atoms with E-state index in [9.17, 15) is 0 Å². The Morgan fingerprint density at radius 2 is 1.23 bits per heavy atom. The molecule has 2 aromatic heterocycles. The number of para-hydroxylation sites is 3. The molecule has 0 fully saturated rings. The van der Waals surface area contributed by atoms with Crippen molar-refractivity contribution in [3.63, 3.8) is 0 Å². The zero-order valence-corrected chi connectivity index (χ0v) is 22.6. The quantitative estimate of drug-likeness (QED) is 0.194. The van der Waals surface area contributed by atoms with Gasteiger partial charge in [0.05, 0.1) is 32.7 Å². The summed E-state index contributed by atoms with van der Waals surface area (Å²) in [5, 5.41) is 9.90. The molecule has 0 spiro atoms. The van der Waals surface area contributed by atoms with Crippen molar-refractivity contribution in [2.75, 3.05) is 10.9 Å². The number of rotatable bonds is 4. The Labute approximate surface area is 240 Å². The van der Waals surface area contributed by atoms with Crippen molar-refractivity contribution < 1.29 is 4.28 Å². The second kappa shape index (κ2) is 10.7. The Kier molecular flexibility index (Phi) is 6.51. The molecule has 2 aliphatic carbocycles. The van der Waals surface area contributed by atoms with Gasteiger partial charge < -0.3 is 4.98 Å². The van der Waals surface area contributed by atoms with Gasteiger partial charge in [0.2, 0.25) is 11.1 Å². The summed E-state index contributed by atoms with van der Waals surface area (Å²) < 4.78 is 1.18. The molecule has 0 bridgehead atoms. The van der Waals surface area contributed by atoms with Gasteiger partial charge in [0.15, 0.2) is 0 Å². The van der Waals surface area contributed by atoms with Crippen LogP contribution in [-0.4, -0.2) is 26.4 Å². The molecule has 8 rings (SSSR count). The minimum Gasteiger partial charge on any atom is -0.323 e. The molecule has 0 radical (unpaired) electrons. The summed E-state index contributed by atoms with van der Waals surface area (Å²) in [7, 11) is 0. The van der Waals surface area contributed by atoms with Gasteiger partial charge in [0.1, 0.15) is 0 Å². The van der Waals surface area contributed by atoms with E-state index in [4.69, 9.17) is 0 Å². The van der Waals surface area contributed by atoms with Crippen molar-refractivity contribution in [3.8, 4) is 0 Å². The summed E-state index contributed by atoms with van der Waals surface area (Å²) in [4.78, 5) is 12.2. The molecule has 202 valence electrons. The molecule has 0 unspecified atom stereocenters. The lowest BCUT2D eigenvalue weighted by Gasteiger charge is -2.00. The number of hydrazone groups is 2. The number of aryl methyl sites for hydroxylation is 2. The molecule has 8 heteroatoms. The van der Waals surface area contributed by atoms with Crippen molar-refractivity contribution >= 4 is 55.1 Å². The minimum absolute atomic E-state index is 0. The van der Waals surface area contributed by atoms with Crippen LogP contribution in [0.5, 0.6) is 0 Å². The molecule has 40 heavy (non-hydrogen) atoms. The van der Waals surface area contributed by atoms with E-state index in [0.29, 0.717) is 5.95 Å². The first kappa shape index (κ1) is 24.2. The number of aromatic nitrogens is 3. The number of benzene rings is 4. The van der Waals surface area contributed by atoms with E-state index >= 15 is 0 Å². The van der Waals surface area contributed by atoms with Crippen molar-refractivity contribution in [3.05, 3.63) is 119 Å². The van der Waals surface area contributed by atoms with Gasteiger partial charge in [0.25, 0.3) is 0 Å². The maximum absolute atomic E-state index is 4.54. The lowest BCUT2D eigenvalue weighted by Crippen LogP contribution is -2.00. The molecule has 0 saturated heterocycles. The van der Waals surface area contributed by atoms with E-state index in [-0.39, 0.29) is 4.28 Å². The molecule has 2 aliphatic rings. The van der Waals surface area contributed by atoms with Crippen LogP contribution in [0, 0.1) is 0 Å². The fraction of sp³-hybridized carbons (Fsp3) is 0.125. The third-order valence-corrected chi connectivity index (χ3v) is 8.13. The van der Waals surface area contributed by atoms with Crippen LogP contribution >= 0.6 is 11.3 Å². The third kappa shape index (κ3) is 4.97. The number of hydrogen-bond acceptors (Lipinski definition) is 7. The summed E-state index contributed by atoms with van der Waals surface area (Å²) in [5.74, 6) is 0.683. The van der Waals surface area contributed by atoms with Crippen LogP contribution < -0.4 is 10.9 Å². The highest BCUT2D eigenvalue weighted by Crippen LogP contribution is 2.27. The summed E-state index contributed by atoms with van der Waals surface area (Å²) in [6, 6.07) is 33.0. The normalized spacial score (nSPS) is 15.7. The molecular formula is C32H33N7S. The van der Waals surface area contributed by atoms with Crippen LogP contribution in [-0.2, 0) is 12.8 Å². The standard InChI is InChI=1S/C16H14N4.C16H13N3S.3H2/c1-2-6-12-11(5-1)9-10-13(12)19-20-16-17-14-7-3-4-8-15(14)18-16;1-2-6-12-11(5-1)9-10-13(12)18-19-16-17-14-7-3-4-8-15(14)20-16;;;/h1-8H,9-10H2,(H2,17,18,20);1-8H,9-10H2,(H,17,19);3*1H/b19-13+;18-13+;;;. The van der Waals surface area contributed by atoms with Crippen molar-refractivity contribution in [1.29, 1.82) is 0 Å². The number of nitrogens with zero attached hydrogens (tertiary/aromatic N) is 4. The highest BCUT2D eigenvalue weighted by Gasteiger charge is 2.18. The largest absolute Gasteiger partial charge is 0.323 e. The molecule has 6 aromatic rings. The SMILES string of the molecule is [HH].[HH].[HH].c1ccc2c(c1)CC/C2=N\Nc1nc2ccccc2[nH]1.c1ccc2c(c1)CC/C2=N\Nc1nc2ccccc2s1. The topological polar surface area (TPSA) is 90.4 Å². The average molecular weight is 548 g/mol. The monoisotopic (exact) mass is 547 g/mol. The number of thiazole rings is 1. The fourth-order valence-electron chi connectivity index (χ4n) is 5.21. The fourth-order valence-corrected chi connectivity index (χ4v) is 6.02. The van der Waals surface area contributed by atoms with Crippen LogP contribution in [0.3, 0.4) is 0 Å². The van der Waals surface area contributed by atoms with Crippen molar-refractivity contribution in [1.82, 2.24) is 15.0 Å². The third-order valence-electron chi connectivity index (χ3n) is 7.19. The number of fused-ring (bicyclic) bond motifs is 4. The van der Waals surface area contributed by atoms with Gasteiger partial charge in [-0.05, 0) is 61.1 Å². The number of H-pyrrole nitrogens is 1. The summed E-state index contributed by atoms with van der Waals surface area (Å²) >= 11 is 1.63. The Bertz CT molecular complexity index is 1690. The molecule has 0 atom stereocenters. The predicted octanol–water partition coefficient (Wildman–Crippen LogP) is 8.12. The first-order chi connectivity index (χ1) is 19.8. The first-order valence-electron chi connectivity index (χ1n) is 13.4. The molecule has 2 heterocycles. The highest BCUT2D eigenvalue weighted by molar-refractivity contribution is 7.22. The van der Waals surface area contributed by atoms with E-state index in [2.05, 4.69) is 90.6 Å². The van der Waals surface area contributed by atoms with E-state index in [1.807, 2.05) is 42.5 Å². The lowest BCUT2D eigenvalue weighted by molar-refractivity contribution is 1.08. The molecule has 4 aromatic carbocycles. The Morgan fingerprint density at radius 3 is 1.93 bits per heavy atom. The molecule has 0 amide bonds. The molecule has 7 nitrogen and oxygen atoms in total. The molecule has 0 saturated carbocycles. The second-order valence-electron chi connectivity index (χ2n) is 9.74. The Balaban J connectivity index is 0.000000184. The van der Waals surface area contributed by atoms with Crippen molar-refractivity contribution in [2.24, 2.45) is 10.2 Å². The first-order valence-corrected chi connectivity index (χ1v) is 14.2. The zero-order valence-electron chi connectivity index (χ0n) is 21.8. The highest BCUT2D eigenvalue weighted by atomic mass is 32.1. The van der Waals surface area contributed by atoms with Crippen LogP contribution in [0.4, 0.5) is 11.1 Å². The van der Waals surface area contributed by atoms with Gasteiger partial charge in [-0.1, -0.05) is 84.1 Å². The van der Waals surface area contributed by atoms with E-state index in [0.717, 1.165) is 58.8 Å². The van der Waals surface area contributed by atoms with Gasteiger partial charge in [-0.25, -0.2) is 15.4 Å². The van der Waals surface area contributed by atoms with Gasteiger partial charge in [-0.3, -0.25) is 5.43 Å². The van der Waals surface area contributed by atoms with Gasteiger partial charge in [0, 0.05) is 15.4 Å². The van der Waals surface area contributed by atoms with E-state index in [1.165, 1.54) is 27.0 Å². The summed E-state index contributed by atoms with van der Waals surface area (Å²) in [6.07, 6.45) is 4.12. The van der Waals surface area contributed by atoms with Crippen LogP contribution in [0.2, 0.25) is 0 Å². The number of nitrogens with one attached hydrogen (secondary N) is 3. The molecule has 0 aliphatic heterocycles. The van der Waals surface area contributed by atoms with Crippen molar-refractivity contribution in [2.45, 2.75) is 25.7 Å². The lowest BCUT2D eigenvalue weighted by atomic mass is 10.1. The number of anilines is 2. The molecule has 3 N–H and O–H groups in total. The van der Waals surface area contributed by atoms with E-state index < -0.39 is 0 Å². The maximum Gasteiger partial charge on any atom is 0.222 e. The Morgan fingerprint density at radius 1 is 0.625 bits per heavy atom. The zero-order chi connectivity index (χ0) is 26.7. The number of imidazole rings is 1. The van der Waals surface area contributed by atoms with Gasteiger partial charge in [-0.2, -0.15) is 10.2 Å². The second-order valence-corrected chi connectivity index (χ2v) is 10.8. The maximum atomic E-state index is 4.54. The molecular weight excluding hydrogens is 514 g/mol.